The van der Waals surface area contributed by atoms with Gasteiger partial charge in [0, 0.05) is 12.2 Å². The molecule has 0 amide bonds. The van der Waals surface area contributed by atoms with Gasteiger partial charge in [-0.25, -0.2) is 0 Å². The Labute approximate surface area is 78.0 Å². The van der Waals surface area contributed by atoms with E-state index in [1.807, 2.05) is 32.0 Å². The number of nitrogens with zero attached hydrogens (tertiary/aromatic N) is 1. The van der Waals surface area contributed by atoms with Gasteiger partial charge in [-0.1, -0.05) is 32.0 Å². The molecule has 12 heavy (non-hydrogen) atoms. The lowest BCUT2D eigenvalue weighted by molar-refractivity contribution is 1.11. The van der Waals surface area contributed by atoms with Gasteiger partial charge in [-0.3, -0.25) is 0 Å². The molecule has 0 spiro atoms. The largest absolute Gasteiger partial charge is 0.356 e. The summed E-state index contributed by atoms with van der Waals surface area (Å²) in [6.07, 6.45) is 0. The smallest absolute Gasteiger partial charge is 0.0394 e. The third-order valence-corrected chi connectivity index (χ3v) is 2.09. The summed E-state index contributed by atoms with van der Waals surface area (Å²) in [7, 11) is 2.68. The first-order valence-corrected chi connectivity index (χ1v) is 4.93. The van der Waals surface area contributed by atoms with Gasteiger partial charge in [-0.2, -0.15) is 0 Å². The van der Waals surface area contributed by atoms with Crippen LogP contribution in [-0.4, -0.2) is 6.54 Å². The molecule has 1 aromatic carbocycles. The topological polar surface area (TPSA) is 3.24 Å². The first-order valence-electron chi connectivity index (χ1n) is 4.42. The standard InChI is InChI=1S/C8H12NP.C2H6/c1-2-9(10)8-6-4-3-5-7-8;1-2/h3-7H,2,10H2,1H3;1-2H3. The lowest BCUT2D eigenvalue weighted by Gasteiger charge is -2.15. The lowest BCUT2D eigenvalue weighted by atomic mass is 10.3. The summed E-state index contributed by atoms with van der Waals surface area (Å²) >= 11 is 0. The highest BCUT2D eigenvalue weighted by Crippen LogP contribution is 2.15. The molecule has 0 aliphatic rings. The van der Waals surface area contributed by atoms with Crippen molar-refractivity contribution in [2.24, 2.45) is 0 Å². The highest BCUT2D eigenvalue weighted by Gasteiger charge is 1.92. The molecule has 0 aromatic heterocycles. The van der Waals surface area contributed by atoms with Gasteiger partial charge in [0.25, 0.3) is 0 Å². The Bertz CT molecular complexity index is 186. The third kappa shape index (κ3) is 3.73. The van der Waals surface area contributed by atoms with Gasteiger partial charge in [0.2, 0.25) is 0 Å². The second-order valence-electron chi connectivity index (χ2n) is 2.12. The van der Waals surface area contributed by atoms with E-state index < -0.39 is 0 Å². The SMILES string of the molecule is CC.CCN(P)c1ccccc1. The van der Waals surface area contributed by atoms with Gasteiger partial charge in [-0.05, 0) is 28.4 Å². The fourth-order valence-electron chi connectivity index (χ4n) is 0.802. The Hall–Kier alpha value is -0.550. The van der Waals surface area contributed by atoms with Crippen LogP contribution in [0.15, 0.2) is 30.3 Å². The molecule has 0 aliphatic heterocycles. The summed E-state index contributed by atoms with van der Waals surface area (Å²) in [6, 6.07) is 10.3. The molecule has 1 aromatic rings. The van der Waals surface area contributed by atoms with Crippen LogP contribution in [0.1, 0.15) is 20.8 Å². The Morgan fingerprint density at radius 2 is 1.67 bits per heavy atom. The molecular formula is C10H18NP. The van der Waals surface area contributed by atoms with Crippen LogP contribution in [0.2, 0.25) is 0 Å². The first-order chi connectivity index (χ1) is 5.84. The summed E-state index contributed by atoms with van der Waals surface area (Å²) in [4.78, 5) is 0. The van der Waals surface area contributed by atoms with E-state index in [9.17, 15) is 0 Å². The van der Waals surface area contributed by atoms with Gasteiger partial charge in [0.1, 0.15) is 0 Å². The van der Waals surface area contributed by atoms with Crippen molar-refractivity contribution in [1.29, 1.82) is 0 Å². The van der Waals surface area contributed by atoms with Crippen LogP contribution in [0.5, 0.6) is 0 Å². The van der Waals surface area contributed by atoms with E-state index in [0.29, 0.717) is 0 Å². The molecule has 2 heteroatoms. The quantitative estimate of drug-likeness (QED) is 0.636. The van der Waals surface area contributed by atoms with Crippen molar-refractivity contribution in [2.45, 2.75) is 20.8 Å². The monoisotopic (exact) mass is 183 g/mol. The highest BCUT2D eigenvalue weighted by atomic mass is 31.0. The highest BCUT2D eigenvalue weighted by molar-refractivity contribution is 7.19. The molecule has 0 heterocycles. The summed E-state index contributed by atoms with van der Waals surface area (Å²) < 4.78 is 2.12. The molecule has 1 rings (SSSR count). The van der Waals surface area contributed by atoms with Crippen LogP contribution < -0.4 is 4.67 Å². The molecule has 68 valence electrons. The van der Waals surface area contributed by atoms with Gasteiger partial charge in [0.15, 0.2) is 0 Å². The van der Waals surface area contributed by atoms with Gasteiger partial charge in [-0.15, -0.1) is 0 Å². The van der Waals surface area contributed by atoms with Crippen LogP contribution in [0.3, 0.4) is 0 Å². The summed E-state index contributed by atoms with van der Waals surface area (Å²) in [5.41, 5.74) is 1.25. The van der Waals surface area contributed by atoms with Crippen molar-refractivity contribution in [1.82, 2.24) is 0 Å². The minimum atomic E-state index is 1.02. The molecule has 0 fully saturated rings. The number of para-hydroxylation sites is 1. The lowest BCUT2D eigenvalue weighted by Crippen LogP contribution is -2.06. The molecule has 1 unspecified atom stereocenters. The zero-order chi connectivity index (χ0) is 9.40. The Morgan fingerprint density at radius 1 is 1.17 bits per heavy atom. The minimum absolute atomic E-state index is 1.02. The van der Waals surface area contributed by atoms with Gasteiger partial charge in [0.05, 0.1) is 0 Å². The fourth-order valence-corrected chi connectivity index (χ4v) is 0.974. The molecule has 0 saturated heterocycles. The molecule has 0 radical (unpaired) electrons. The van der Waals surface area contributed by atoms with Crippen molar-refractivity contribution in [3.8, 4) is 0 Å². The van der Waals surface area contributed by atoms with Crippen molar-refractivity contribution in [3.05, 3.63) is 30.3 Å². The van der Waals surface area contributed by atoms with E-state index in [4.69, 9.17) is 0 Å². The van der Waals surface area contributed by atoms with Gasteiger partial charge >= 0.3 is 0 Å². The number of benzene rings is 1. The summed E-state index contributed by atoms with van der Waals surface area (Å²) in [6.45, 7) is 7.15. The molecule has 0 bridgehead atoms. The van der Waals surface area contributed by atoms with Crippen molar-refractivity contribution in [3.63, 3.8) is 0 Å². The summed E-state index contributed by atoms with van der Waals surface area (Å²) in [5, 5.41) is 0. The molecule has 1 nitrogen and oxygen atoms in total. The van der Waals surface area contributed by atoms with Crippen LogP contribution in [0.4, 0.5) is 5.69 Å². The van der Waals surface area contributed by atoms with Gasteiger partial charge < -0.3 is 4.67 Å². The Balaban J connectivity index is 0.000000561. The summed E-state index contributed by atoms with van der Waals surface area (Å²) in [5.74, 6) is 0. The zero-order valence-corrected chi connectivity index (χ0v) is 9.27. The van der Waals surface area contributed by atoms with E-state index in [1.165, 1.54) is 5.69 Å². The second-order valence-corrected chi connectivity index (χ2v) is 2.74. The number of hydrogen-bond donors (Lipinski definition) is 0. The van der Waals surface area contributed by atoms with E-state index in [1.54, 1.807) is 0 Å². The van der Waals surface area contributed by atoms with Crippen molar-refractivity contribution in [2.75, 3.05) is 11.2 Å². The predicted molar refractivity (Wildman–Crippen MR) is 60.5 cm³/mol. The zero-order valence-electron chi connectivity index (χ0n) is 8.12. The van der Waals surface area contributed by atoms with E-state index in [0.717, 1.165) is 6.54 Å². The van der Waals surface area contributed by atoms with E-state index in [2.05, 4.69) is 33.1 Å². The second kappa shape index (κ2) is 7.12. The molecule has 0 N–H and O–H groups in total. The molecule has 1 atom stereocenters. The van der Waals surface area contributed by atoms with Crippen molar-refractivity contribution < 1.29 is 0 Å². The third-order valence-electron chi connectivity index (χ3n) is 1.43. The Kier molecular flexibility index (Phi) is 6.79. The van der Waals surface area contributed by atoms with Crippen LogP contribution in [0, 0.1) is 0 Å². The number of anilines is 1. The number of hydrogen-bond acceptors (Lipinski definition) is 1. The van der Waals surface area contributed by atoms with Crippen LogP contribution >= 0.6 is 9.39 Å². The Morgan fingerprint density at radius 3 is 2.08 bits per heavy atom. The average molecular weight is 183 g/mol. The molecule has 0 aliphatic carbocycles. The first kappa shape index (κ1) is 11.4. The fraction of sp³-hybridized carbons (Fsp3) is 0.400. The maximum atomic E-state index is 2.68. The van der Waals surface area contributed by atoms with E-state index >= 15 is 0 Å². The number of rotatable bonds is 2. The van der Waals surface area contributed by atoms with Crippen LogP contribution in [0.25, 0.3) is 0 Å². The maximum Gasteiger partial charge on any atom is 0.0394 e. The minimum Gasteiger partial charge on any atom is -0.356 e. The normalized spacial score (nSPS) is 8.33. The predicted octanol–water partition coefficient (Wildman–Crippen LogP) is 3.33. The van der Waals surface area contributed by atoms with Crippen LogP contribution in [-0.2, 0) is 0 Å². The van der Waals surface area contributed by atoms with Crippen molar-refractivity contribution >= 4 is 15.1 Å². The maximum absolute atomic E-state index is 2.68. The van der Waals surface area contributed by atoms with E-state index in [-0.39, 0.29) is 0 Å². The molecular weight excluding hydrogens is 165 g/mol. The molecule has 0 saturated carbocycles. The average Bonchev–Trinajstić information content (AvgIpc) is 2.21.